The third kappa shape index (κ3) is 5.11. The van der Waals surface area contributed by atoms with Crippen LogP contribution in [0.2, 0.25) is 5.02 Å². The van der Waals surface area contributed by atoms with Gasteiger partial charge >= 0.3 is 0 Å². The first-order chi connectivity index (χ1) is 18.7. The largest absolute Gasteiger partial charge is 0.483 e. The van der Waals surface area contributed by atoms with Crippen LogP contribution in [0.1, 0.15) is 51.2 Å². The number of rotatable bonds is 9. The first kappa shape index (κ1) is 27.1. The van der Waals surface area contributed by atoms with E-state index in [2.05, 4.69) is 0 Å². The fraction of sp³-hybridized carbons (Fsp3) is 0.367. The molecule has 1 aliphatic carbocycles. The molecule has 0 radical (unpaired) electrons. The lowest BCUT2D eigenvalue weighted by atomic mass is 9.67. The third-order valence-electron chi connectivity index (χ3n) is 7.68. The Morgan fingerprint density at radius 3 is 2.59 bits per heavy atom. The zero-order chi connectivity index (χ0) is 27.7. The SMILES string of the molecule is COCC1CC2(C1)CN(C)C(=O)c1c(OCc3ccccc3)c(=O)c(C(=O)CCc3cccc(Cl)c3F)cn12. The predicted molar refractivity (Wildman–Crippen MR) is 145 cm³/mol. The van der Waals surface area contributed by atoms with Gasteiger partial charge in [-0.05, 0) is 42.4 Å². The molecule has 0 bridgehead atoms. The van der Waals surface area contributed by atoms with Crippen molar-refractivity contribution in [3.8, 4) is 5.75 Å². The van der Waals surface area contributed by atoms with Crippen LogP contribution in [0.15, 0.2) is 59.5 Å². The predicted octanol–water partition coefficient (Wildman–Crippen LogP) is 4.87. The first-order valence-electron chi connectivity index (χ1n) is 12.9. The van der Waals surface area contributed by atoms with Gasteiger partial charge < -0.3 is 18.9 Å². The first-order valence-corrected chi connectivity index (χ1v) is 13.3. The number of ether oxygens (including phenoxy) is 2. The van der Waals surface area contributed by atoms with Crippen LogP contribution in [-0.2, 0) is 23.3 Å². The molecule has 2 heterocycles. The molecule has 1 aromatic heterocycles. The number of hydrogen-bond donors (Lipinski definition) is 0. The molecular formula is C30H30ClFN2O5. The molecule has 39 heavy (non-hydrogen) atoms. The minimum atomic E-state index is -0.639. The Labute approximate surface area is 231 Å². The van der Waals surface area contributed by atoms with Crippen molar-refractivity contribution in [1.82, 2.24) is 9.47 Å². The highest BCUT2D eigenvalue weighted by Crippen LogP contribution is 2.48. The maximum absolute atomic E-state index is 14.4. The number of aryl methyl sites for hydroxylation is 1. The van der Waals surface area contributed by atoms with Gasteiger partial charge in [-0.1, -0.05) is 54.1 Å². The van der Waals surface area contributed by atoms with E-state index in [9.17, 15) is 18.8 Å². The number of hydrogen-bond acceptors (Lipinski definition) is 5. The van der Waals surface area contributed by atoms with Crippen molar-refractivity contribution in [1.29, 1.82) is 0 Å². The van der Waals surface area contributed by atoms with Gasteiger partial charge in [0, 0.05) is 39.9 Å². The number of benzene rings is 2. The van der Waals surface area contributed by atoms with Crippen molar-refractivity contribution in [2.24, 2.45) is 5.92 Å². The number of carbonyl (C=O) groups excluding carboxylic acids is 2. The molecule has 204 valence electrons. The number of carbonyl (C=O) groups is 2. The molecule has 0 unspecified atom stereocenters. The van der Waals surface area contributed by atoms with Gasteiger partial charge in [0.1, 0.15) is 12.4 Å². The summed E-state index contributed by atoms with van der Waals surface area (Å²) in [4.78, 5) is 42.2. The molecule has 0 atom stereocenters. The minimum Gasteiger partial charge on any atom is -0.483 e. The Kier molecular flexibility index (Phi) is 7.60. The average Bonchev–Trinajstić information content (AvgIpc) is 2.91. The molecule has 7 nitrogen and oxygen atoms in total. The summed E-state index contributed by atoms with van der Waals surface area (Å²) in [6.07, 6.45) is 2.95. The van der Waals surface area contributed by atoms with E-state index < -0.39 is 22.6 Å². The molecule has 1 amide bonds. The van der Waals surface area contributed by atoms with Gasteiger partial charge in [0.2, 0.25) is 5.43 Å². The average molecular weight is 553 g/mol. The van der Waals surface area contributed by atoms with E-state index in [1.807, 2.05) is 30.3 Å². The molecule has 9 heteroatoms. The summed E-state index contributed by atoms with van der Waals surface area (Å²) in [5.74, 6) is -1.20. The van der Waals surface area contributed by atoms with Gasteiger partial charge in [-0.2, -0.15) is 0 Å². The zero-order valence-electron chi connectivity index (χ0n) is 21.9. The minimum absolute atomic E-state index is 0.0226. The van der Waals surface area contributed by atoms with E-state index in [4.69, 9.17) is 21.1 Å². The van der Waals surface area contributed by atoms with Crippen molar-refractivity contribution in [3.63, 3.8) is 0 Å². The molecule has 2 aromatic carbocycles. The Hall–Kier alpha value is -3.49. The number of methoxy groups -OCH3 is 1. The monoisotopic (exact) mass is 552 g/mol. The summed E-state index contributed by atoms with van der Waals surface area (Å²) in [6.45, 7) is 1.09. The van der Waals surface area contributed by atoms with Crippen LogP contribution in [0.5, 0.6) is 5.75 Å². The lowest BCUT2D eigenvalue weighted by Gasteiger charge is -2.54. The number of amides is 1. The lowest BCUT2D eigenvalue weighted by molar-refractivity contribution is -0.0192. The number of aromatic nitrogens is 1. The number of ketones is 1. The summed E-state index contributed by atoms with van der Waals surface area (Å²) in [6, 6.07) is 13.9. The molecule has 1 spiro atoms. The summed E-state index contributed by atoms with van der Waals surface area (Å²) < 4.78 is 27.6. The number of Topliss-reactive ketones (excluding diaryl/α,β-unsaturated/α-hetero) is 1. The van der Waals surface area contributed by atoms with Gasteiger partial charge in [-0.25, -0.2) is 4.39 Å². The van der Waals surface area contributed by atoms with E-state index in [1.165, 1.54) is 12.3 Å². The number of halogens is 2. The van der Waals surface area contributed by atoms with Crippen LogP contribution in [0.25, 0.3) is 0 Å². The Bertz CT molecular complexity index is 1470. The Morgan fingerprint density at radius 1 is 1.13 bits per heavy atom. The lowest BCUT2D eigenvalue weighted by Crippen LogP contribution is -2.60. The molecule has 3 aromatic rings. The van der Waals surface area contributed by atoms with Crippen LogP contribution in [0, 0.1) is 11.7 Å². The van der Waals surface area contributed by atoms with E-state index in [0.717, 1.165) is 18.4 Å². The fourth-order valence-electron chi connectivity index (χ4n) is 5.82. The van der Waals surface area contributed by atoms with Gasteiger partial charge in [0.25, 0.3) is 5.91 Å². The van der Waals surface area contributed by atoms with Crippen molar-refractivity contribution >= 4 is 23.3 Å². The smallest absolute Gasteiger partial charge is 0.274 e. The summed E-state index contributed by atoms with van der Waals surface area (Å²) >= 11 is 5.90. The molecule has 1 aliphatic heterocycles. The molecule has 0 saturated heterocycles. The van der Waals surface area contributed by atoms with Crippen LogP contribution in [0.3, 0.4) is 0 Å². The molecule has 2 aliphatic rings. The van der Waals surface area contributed by atoms with Crippen molar-refractivity contribution < 1.29 is 23.5 Å². The van der Waals surface area contributed by atoms with Crippen molar-refractivity contribution in [3.05, 3.63) is 98.2 Å². The number of likely N-dealkylation sites (N-methyl/N-ethyl adjacent to an activating group) is 1. The van der Waals surface area contributed by atoms with E-state index >= 15 is 0 Å². The second kappa shape index (κ2) is 10.9. The molecule has 1 fully saturated rings. The van der Waals surface area contributed by atoms with Crippen LogP contribution >= 0.6 is 11.6 Å². The van der Waals surface area contributed by atoms with Crippen molar-refractivity contribution in [2.45, 2.75) is 37.8 Å². The van der Waals surface area contributed by atoms with Gasteiger partial charge in [0.15, 0.2) is 17.2 Å². The quantitative estimate of drug-likeness (QED) is 0.354. The van der Waals surface area contributed by atoms with Gasteiger partial charge in [-0.3, -0.25) is 14.4 Å². The fourth-order valence-corrected chi connectivity index (χ4v) is 6.01. The van der Waals surface area contributed by atoms with E-state index in [-0.39, 0.29) is 47.4 Å². The number of nitrogens with zero attached hydrogens (tertiary/aromatic N) is 2. The highest BCUT2D eigenvalue weighted by atomic mass is 35.5. The summed E-state index contributed by atoms with van der Waals surface area (Å²) in [5.41, 5.74) is 0.0749. The second-order valence-electron chi connectivity index (χ2n) is 10.4. The molecule has 1 saturated carbocycles. The van der Waals surface area contributed by atoms with Crippen LogP contribution in [0.4, 0.5) is 4.39 Å². The molecule has 0 N–H and O–H groups in total. The third-order valence-corrected chi connectivity index (χ3v) is 7.97. The van der Waals surface area contributed by atoms with Crippen LogP contribution in [-0.4, -0.2) is 48.5 Å². The molecule has 5 rings (SSSR count). The van der Waals surface area contributed by atoms with E-state index in [0.29, 0.717) is 24.6 Å². The number of fused-ring (bicyclic) bond motifs is 2. The zero-order valence-corrected chi connectivity index (χ0v) is 22.7. The standard InChI is InChI=1S/C30H30ClFN2O5/c1-33-18-30(13-20(14-30)16-38-2)34-15-22(24(35)12-11-21-9-6-10-23(31)25(21)32)27(36)28(26(34)29(33)37)39-17-19-7-4-3-5-8-19/h3-10,15,20H,11-14,16-18H2,1-2H3. The van der Waals surface area contributed by atoms with Gasteiger partial charge in [-0.15, -0.1) is 0 Å². The summed E-state index contributed by atoms with van der Waals surface area (Å²) in [7, 11) is 3.36. The summed E-state index contributed by atoms with van der Waals surface area (Å²) in [5, 5.41) is -0.0226. The van der Waals surface area contributed by atoms with Crippen LogP contribution < -0.4 is 10.2 Å². The Balaban J connectivity index is 1.55. The highest BCUT2D eigenvalue weighted by Gasteiger charge is 2.52. The Morgan fingerprint density at radius 2 is 1.87 bits per heavy atom. The van der Waals surface area contributed by atoms with Gasteiger partial charge in [0.05, 0.1) is 16.1 Å². The normalized spacial score (nSPS) is 20.1. The maximum Gasteiger partial charge on any atom is 0.274 e. The second-order valence-corrected chi connectivity index (χ2v) is 10.9. The number of pyridine rings is 1. The molecular weight excluding hydrogens is 523 g/mol. The highest BCUT2D eigenvalue weighted by molar-refractivity contribution is 6.30. The topological polar surface area (TPSA) is 77.8 Å². The van der Waals surface area contributed by atoms with Crippen molar-refractivity contribution in [2.75, 3.05) is 27.3 Å². The maximum atomic E-state index is 14.4. The van der Waals surface area contributed by atoms with E-state index in [1.54, 1.807) is 35.8 Å².